The number of hydrogen-bond donors (Lipinski definition) is 1. The van der Waals surface area contributed by atoms with Gasteiger partial charge in [0.2, 0.25) is 0 Å². The third-order valence-corrected chi connectivity index (χ3v) is 5.12. The van der Waals surface area contributed by atoms with Crippen LogP contribution in [0.4, 0.5) is 0 Å². The van der Waals surface area contributed by atoms with E-state index in [-0.39, 0.29) is 5.60 Å². The van der Waals surface area contributed by atoms with E-state index in [1.165, 1.54) is 31.2 Å². The Labute approximate surface area is 126 Å². The van der Waals surface area contributed by atoms with Crippen molar-refractivity contribution >= 4 is 11.6 Å². The molecule has 1 aromatic carbocycles. The third-order valence-electron chi connectivity index (χ3n) is 4.89. The minimum absolute atomic E-state index is 0.0418. The smallest absolute Gasteiger partial charge is 0.125 e. The van der Waals surface area contributed by atoms with Crippen molar-refractivity contribution < 1.29 is 4.74 Å². The predicted octanol–water partition coefficient (Wildman–Crippen LogP) is 4.72. The van der Waals surface area contributed by atoms with Crippen LogP contribution in [0.15, 0.2) is 18.2 Å². The van der Waals surface area contributed by atoms with Crippen LogP contribution in [0.25, 0.3) is 0 Å². The van der Waals surface area contributed by atoms with Crippen molar-refractivity contribution in [2.24, 2.45) is 5.92 Å². The molecular formula is C17H24ClNO. The van der Waals surface area contributed by atoms with Gasteiger partial charge < -0.3 is 10.1 Å². The van der Waals surface area contributed by atoms with Gasteiger partial charge in [0, 0.05) is 23.0 Å². The van der Waals surface area contributed by atoms with E-state index in [4.69, 9.17) is 16.3 Å². The number of nitrogens with one attached hydrogen (secondary N) is 1. The Morgan fingerprint density at radius 2 is 2.10 bits per heavy atom. The molecular weight excluding hydrogens is 270 g/mol. The van der Waals surface area contributed by atoms with Gasteiger partial charge in [0.25, 0.3) is 0 Å². The predicted molar refractivity (Wildman–Crippen MR) is 83.5 cm³/mol. The maximum absolute atomic E-state index is 6.44. The van der Waals surface area contributed by atoms with Gasteiger partial charge in [-0.05, 0) is 56.3 Å². The quantitative estimate of drug-likeness (QED) is 0.852. The number of hydrogen-bond acceptors (Lipinski definition) is 2. The highest BCUT2D eigenvalue weighted by atomic mass is 35.5. The van der Waals surface area contributed by atoms with Gasteiger partial charge in [0.1, 0.15) is 11.4 Å². The van der Waals surface area contributed by atoms with Crippen LogP contribution in [-0.4, -0.2) is 12.1 Å². The van der Waals surface area contributed by atoms with Gasteiger partial charge >= 0.3 is 0 Å². The topological polar surface area (TPSA) is 21.3 Å². The highest BCUT2D eigenvalue weighted by Crippen LogP contribution is 2.47. The van der Waals surface area contributed by atoms with Crippen LogP contribution in [0.2, 0.25) is 5.02 Å². The van der Waals surface area contributed by atoms with E-state index in [1.807, 2.05) is 12.1 Å². The zero-order valence-corrected chi connectivity index (χ0v) is 13.2. The van der Waals surface area contributed by atoms with Crippen LogP contribution >= 0.6 is 11.6 Å². The molecule has 1 spiro atoms. The van der Waals surface area contributed by atoms with Crippen molar-refractivity contribution in [1.29, 1.82) is 0 Å². The number of ether oxygens (including phenoxy) is 1. The minimum atomic E-state index is 0.0418. The molecule has 20 heavy (non-hydrogen) atoms. The molecule has 1 unspecified atom stereocenters. The lowest BCUT2D eigenvalue weighted by Gasteiger charge is -2.46. The molecule has 3 rings (SSSR count). The number of benzene rings is 1. The van der Waals surface area contributed by atoms with Gasteiger partial charge in [-0.25, -0.2) is 0 Å². The molecule has 1 aliphatic heterocycles. The van der Waals surface area contributed by atoms with E-state index in [1.54, 1.807) is 0 Å². The molecule has 1 N–H and O–H groups in total. The molecule has 2 nitrogen and oxygen atoms in total. The Morgan fingerprint density at radius 1 is 1.35 bits per heavy atom. The summed E-state index contributed by atoms with van der Waals surface area (Å²) in [7, 11) is 0. The van der Waals surface area contributed by atoms with Crippen molar-refractivity contribution in [2.75, 3.05) is 6.54 Å². The second-order valence-electron chi connectivity index (χ2n) is 6.46. The Kier molecular flexibility index (Phi) is 3.96. The highest BCUT2D eigenvalue weighted by molar-refractivity contribution is 6.30. The summed E-state index contributed by atoms with van der Waals surface area (Å²) in [5.74, 6) is 1.87. The summed E-state index contributed by atoms with van der Waals surface area (Å²) in [6.45, 7) is 5.49. The molecule has 1 saturated carbocycles. The fraction of sp³-hybridized carbons (Fsp3) is 0.647. The summed E-state index contributed by atoms with van der Waals surface area (Å²) in [6.07, 6.45) is 5.99. The second kappa shape index (κ2) is 5.57. The standard InChI is InChI=1S/C17H24ClNO/c1-3-19-15-11-17(8-6-12(2)7-9-17)20-16-5-4-13(18)10-14(15)16/h4-5,10,12,15,19H,3,6-9,11H2,1-2H3. The molecule has 1 heterocycles. The van der Waals surface area contributed by atoms with E-state index in [2.05, 4.69) is 25.2 Å². The summed E-state index contributed by atoms with van der Waals surface area (Å²) >= 11 is 6.16. The van der Waals surface area contributed by atoms with Crippen molar-refractivity contribution in [1.82, 2.24) is 5.32 Å². The van der Waals surface area contributed by atoms with Crippen molar-refractivity contribution in [3.8, 4) is 5.75 Å². The Balaban J connectivity index is 1.90. The van der Waals surface area contributed by atoms with Crippen LogP contribution in [0.5, 0.6) is 5.75 Å². The largest absolute Gasteiger partial charge is 0.487 e. The van der Waals surface area contributed by atoms with E-state index in [0.29, 0.717) is 6.04 Å². The summed E-state index contributed by atoms with van der Waals surface area (Å²) in [4.78, 5) is 0. The van der Waals surface area contributed by atoms with Crippen molar-refractivity contribution in [3.05, 3.63) is 28.8 Å². The maximum Gasteiger partial charge on any atom is 0.125 e. The van der Waals surface area contributed by atoms with Gasteiger partial charge in [0.05, 0.1) is 0 Å². The molecule has 2 aliphatic rings. The van der Waals surface area contributed by atoms with Gasteiger partial charge in [-0.3, -0.25) is 0 Å². The molecule has 0 saturated heterocycles. The first-order valence-electron chi connectivity index (χ1n) is 7.84. The molecule has 1 aromatic rings. The number of halogens is 1. The lowest BCUT2D eigenvalue weighted by Crippen LogP contribution is -2.46. The van der Waals surface area contributed by atoms with E-state index < -0.39 is 0 Å². The van der Waals surface area contributed by atoms with Gasteiger partial charge in [-0.2, -0.15) is 0 Å². The Morgan fingerprint density at radius 3 is 2.80 bits per heavy atom. The average Bonchev–Trinajstić information content (AvgIpc) is 2.44. The minimum Gasteiger partial charge on any atom is -0.487 e. The monoisotopic (exact) mass is 293 g/mol. The van der Waals surface area contributed by atoms with Gasteiger partial charge in [-0.15, -0.1) is 0 Å². The zero-order chi connectivity index (χ0) is 14.2. The molecule has 3 heteroatoms. The zero-order valence-electron chi connectivity index (χ0n) is 12.4. The molecule has 0 aromatic heterocycles. The third kappa shape index (κ3) is 2.68. The molecule has 0 bridgehead atoms. The van der Waals surface area contributed by atoms with Crippen LogP contribution in [0.3, 0.4) is 0 Å². The maximum atomic E-state index is 6.44. The van der Waals surface area contributed by atoms with Crippen LogP contribution in [-0.2, 0) is 0 Å². The molecule has 1 atom stereocenters. The summed E-state index contributed by atoms with van der Waals surface area (Å²) in [6, 6.07) is 6.41. The SMILES string of the molecule is CCNC1CC2(CCC(C)CC2)Oc2ccc(Cl)cc21. The van der Waals surface area contributed by atoms with Crippen LogP contribution in [0, 0.1) is 5.92 Å². The first-order valence-corrected chi connectivity index (χ1v) is 8.21. The molecule has 110 valence electrons. The normalized spacial score (nSPS) is 32.8. The fourth-order valence-corrected chi connectivity index (χ4v) is 3.84. The Hall–Kier alpha value is -0.730. The lowest BCUT2D eigenvalue weighted by atomic mass is 9.74. The summed E-state index contributed by atoms with van der Waals surface area (Å²) in [5.41, 5.74) is 1.27. The summed E-state index contributed by atoms with van der Waals surface area (Å²) < 4.78 is 6.44. The lowest BCUT2D eigenvalue weighted by molar-refractivity contribution is -0.0125. The van der Waals surface area contributed by atoms with Crippen molar-refractivity contribution in [2.45, 2.75) is 57.6 Å². The molecule has 1 aliphatic carbocycles. The van der Waals surface area contributed by atoms with Crippen LogP contribution in [0.1, 0.15) is 57.6 Å². The fourth-order valence-electron chi connectivity index (χ4n) is 3.66. The molecule has 1 fully saturated rings. The molecule has 0 amide bonds. The number of rotatable bonds is 2. The highest BCUT2D eigenvalue weighted by Gasteiger charge is 2.42. The first-order chi connectivity index (χ1) is 9.62. The second-order valence-corrected chi connectivity index (χ2v) is 6.90. The van der Waals surface area contributed by atoms with E-state index >= 15 is 0 Å². The number of fused-ring (bicyclic) bond motifs is 1. The van der Waals surface area contributed by atoms with E-state index in [9.17, 15) is 0 Å². The summed E-state index contributed by atoms with van der Waals surface area (Å²) in [5, 5.41) is 4.41. The van der Waals surface area contributed by atoms with Gasteiger partial charge in [0.15, 0.2) is 0 Å². The van der Waals surface area contributed by atoms with Crippen molar-refractivity contribution in [3.63, 3.8) is 0 Å². The van der Waals surface area contributed by atoms with E-state index in [0.717, 1.165) is 29.7 Å². The first kappa shape index (κ1) is 14.2. The van der Waals surface area contributed by atoms with Gasteiger partial charge in [-0.1, -0.05) is 25.4 Å². The van der Waals surface area contributed by atoms with Crippen LogP contribution < -0.4 is 10.1 Å². The Bertz CT molecular complexity index is 480. The molecule has 0 radical (unpaired) electrons. The average molecular weight is 294 g/mol.